The second kappa shape index (κ2) is 4.74. The van der Waals surface area contributed by atoms with Gasteiger partial charge in [0.1, 0.15) is 0 Å². The molecule has 0 radical (unpaired) electrons. The summed E-state index contributed by atoms with van der Waals surface area (Å²) >= 11 is 0. The van der Waals surface area contributed by atoms with Gasteiger partial charge in [-0.1, -0.05) is 19.9 Å². The number of hydrogen-bond acceptors (Lipinski definition) is 2. The van der Waals surface area contributed by atoms with Crippen LogP contribution in [0.4, 0.5) is 0 Å². The molecule has 0 atom stereocenters. The van der Waals surface area contributed by atoms with Crippen molar-refractivity contribution in [2.75, 3.05) is 0 Å². The Morgan fingerprint density at radius 2 is 1.50 bits per heavy atom. The topological polar surface area (TPSA) is 43.1 Å². The minimum atomic E-state index is -0.284. The summed E-state index contributed by atoms with van der Waals surface area (Å²) in [6, 6.07) is 5.95. The Labute approximate surface area is 83.9 Å². The fourth-order valence-corrected chi connectivity index (χ4v) is 1.49. The van der Waals surface area contributed by atoms with E-state index in [1.54, 1.807) is 0 Å². The van der Waals surface area contributed by atoms with Crippen LogP contribution in [0.5, 0.6) is 0 Å². The zero-order valence-electron chi connectivity index (χ0n) is 8.62. The number of rotatable bonds is 4. The molecule has 0 unspecified atom stereocenters. The van der Waals surface area contributed by atoms with E-state index >= 15 is 0 Å². The van der Waals surface area contributed by atoms with E-state index in [1.165, 1.54) is 11.1 Å². The van der Waals surface area contributed by atoms with Crippen molar-refractivity contribution in [1.29, 1.82) is 0 Å². The largest absolute Gasteiger partial charge is 0.264 e. The van der Waals surface area contributed by atoms with Gasteiger partial charge in [-0.15, -0.1) is 0 Å². The number of nitrogens with zero attached hydrogens (tertiary/aromatic N) is 1. The average molecular weight is 193 g/mol. The Morgan fingerprint density at radius 3 is 1.86 bits per heavy atom. The quantitative estimate of drug-likeness (QED) is 0.545. The minimum absolute atomic E-state index is 0.0686. The molecule has 76 valence electrons. The number of nitro groups is 1. The monoisotopic (exact) mass is 193 g/mol. The molecule has 0 aliphatic carbocycles. The molecule has 0 aliphatic rings. The molecule has 1 rings (SSSR count). The van der Waals surface area contributed by atoms with Crippen LogP contribution in [0.2, 0.25) is 0 Å². The lowest BCUT2D eigenvalue weighted by Crippen LogP contribution is -2.00. The third-order valence-corrected chi connectivity index (χ3v) is 2.24. The predicted molar refractivity (Wildman–Crippen MR) is 55.9 cm³/mol. The molecule has 0 bridgehead atoms. The first-order valence-corrected chi connectivity index (χ1v) is 4.89. The Kier molecular flexibility index (Phi) is 3.63. The lowest BCUT2D eigenvalue weighted by molar-refractivity contribution is -0.496. The Morgan fingerprint density at radius 1 is 1.07 bits per heavy atom. The summed E-state index contributed by atoms with van der Waals surface area (Å²) in [5, 5.41) is 10.4. The van der Waals surface area contributed by atoms with E-state index in [2.05, 4.69) is 19.9 Å². The Hall–Kier alpha value is -1.38. The number of aryl methyl sites for hydroxylation is 2. The van der Waals surface area contributed by atoms with E-state index in [0.29, 0.717) is 0 Å². The molecule has 0 aromatic heterocycles. The molecule has 0 saturated heterocycles. The highest BCUT2D eigenvalue weighted by Gasteiger charge is 2.04. The molecule has 0 aliphatic heterocycles. The summed E-state index contributed by atoms with van der Waals surface area (Å²) in [5.41, 5.74) is 3.17. The molecule has 0 spiro atoms. The average Bonchev–Trinajstić information content (AvgIpc) is 2.16. The molecule has 0 N–H and O–H groups in total. The lowest BCUT2D eigenvalue weighted by atomic mass is 10.0. The summed E-state index contributed by atoms with van der Waals surface area (Å²) in [6.45, 7) is 4.05. The summed E-state index contributed by atoms with van der Waals surface area (Å²) in [7, 11) is 0. The smallest absolute Gasteiger partial charge is 0.228 e. The molecule has 3 heteroatoms. The summed E-state index contributed by atoms with van der Waals surface area (Å²) in [5.74, 6) is 0. The standard InChI is InChI=1S/C11H15NO2/c1-3-9-5-10(4-2)7-11(6-9)8-12(13)14/h5-7H,3-4,8H2,1-2H3. The highest BCUT2D eigenvalue weighted by Crippen LogP contribution is 2.12. The van der Waals surface area contributed by atoms with Crippen LogP contribution in [-0.4, -0.2) is 4.92 Å². The molecule has 1 aromatic carbocycles. The van der Waals surface area contributed by atoms with Crippen molar-refractivity contribution in [3.8, 4) is 0 Å². The second-order valence-corrected chi connectivity index (χ2v) is 3.36. The zero-order valence-corrected chi connectivity index (χ0v) is 8.62. The molecule has 3 nitrogen and oxygen atoms in total. The van der Waals surface area contributed by atoms with Gasteiger partial charge in [0.2, 0.25) is 6.54 Å². The van der Waals surface area contributed by atoms with Crippen molar-refractivity contribution in [2.45, 2.75) is 33.2 Å². The molecule has 0 heterocycles. The van der Waals surface area contributed by atoms with Crippen molar-refractivity contribution >= 4 is 0 Å². The van der Waals surface area contributed by atoms with Gasteiger partial charge in [0.05, 0.1) is 0 Å². The van der Waals surface area contributed by atoms with Gasteiger partial charge in [-0.05, 0) is 36.1 Å². The van der Waals surface area contributed by atoms with Crippen molar-refractivity contribution in [3.05, 3.63) is 45.0 Å². The van der Waals surface area contributed by atoms with Crippen molar-refractivity contribution in [2.24, 2.45) is 0 Å². The van der Waals surface area contributed by atoms with Gasteiger partial charge in [0, 0.05) is 10.5 Å². The zero-order chi connectivity index (χ0) is 10.6. The first-order valence-electron chi connectivity index (χ1n) is 4.89. The van der Waals surface area contributed by atoms with Gasteiger partial charge in [0.15, 0.2) is 0 Å². The predicted octanol–water partition coefficient (Wildman–Crippen LogP) is 2.59. The van der Waals surface area contributed by atoms with Crippen LogP contribution in [0.3, 0.4) is 0 Å². The van der Waals surface area contributed by atoms with Gasteiger partial charge in [0.25, 0.3) is 0 Å². The van der Waals surface area contributed by atoms with Crippen LogP contribution in [0.15, 0.2) is 18.2 Å². The molecular weight excluding hydrogens is 178 g/mol. The van der Waals surface area contributed by atoms with E-state index in [4.69, 9.17) is 0 Å². The van der Waals surface area contributed by atoms with Gasteiger partial charge >= 0.3 is 0 Å². The van der Waals surface area contributed by atoms with Gasteiger partial charge < -0.3 is 0 Å². The van der Waals surface area contributed by atoms with E-state index < -0.39 is 0 Å². The molecule has 0 fully saturated rings. The maximum Gasteiger partial charge on any atom is 0.228 e. The fourth-order valence-electron chi connectivity index (χ4n) is 1.49. The van der Waals surface area contributed by atoms with Gasteiger partial charge in [-0.3, -0.25) is 10.1 Å². The maximum atomic E-state index is 10.4. The van der Waals surface area contributed by atoms with E-state index in [1.807, 2.05) is 12.1 Å². The Bertz CT molecular complexity index is 312. The van der Waals surface area contributed by atoms with E-state index in [-0.39, 0.29) is 11.5 Å². The summed E-state index contributed by atoms with van der Waals surface area (Å²) in [4.78, 5) is 10.1. The highest BCUT2D eigenvalue weighted by atomic mass is 16.6. The van der Waals surface area contributed by atoms with Crippen LogP contribution in [0.1, 0.15) is 30.5 Å². The second-order valence-electron chi connectivity index (χ2n) is 3.36. The SMILES string of the molecule is CCc1cc(CC)cc(C[N+](=O)[O-])c1. The van der Waals surface area contributed by atoms with Crippen molar-refractivity contribution in [3.63, 3.8) is 0 Å². The van der Waals surface area contributed by atoms with Crippen LogP contribution in [0.25, 0.3) is 0 Å². The van der Waals surface area contributed by atoms with Crippen molar-refractivity contribution < 1.29 is 4.92 Å². The fraction of sp³-hybridized carbons (Fsp3) is 0.455. The van der Waals surface area contributed by atoms with Crippen molar-refractivity contribution in [1.82, 2.24) is 0 Å². The first kappa shape index (κ1) is 10.7. The van der Waals surface area contributed by atoms with Gasteiger partial charge in [-0.2, -0.15) is 0 Å². The number of hydrogen-bond donors (Lipinski definition) is 0. The molecular formula is C11H15NO2. The normalized spacial score (nSPS) is 10.1. The molecule has 14 heavy (non-hydrogen) atoms. The van der Waals surface area contributed by atoms with Crippen LogP contribution in [0, 0.1) is 10.1 Å². The lowest BCUT2D eigenvalue weighted by Gasteiger charge is -2.04. The highest BCUT2D eigenvalue weighted by molar-refractivity contribution is 5.29. The first-order chi connectivity index (χ1) is 6.65. The third kappa shape index (κ3) is 2.83. The summed E-state index contributed by atoms with van der Waals surface area (Å²) < 4.78 is 0. The maximum absolute atomic E-state index is 10.4. The van der Waals surface area contributed by atoms with E-state index in [9.17, 15) is 10.1 Å². The van der Waals surface area contributed by atoms with Crippen LogP contribution in [-0.2, 0) is 19.4 Å². The Balaban J connectivity index is 2.98. The third-order valence-electron chi connectivity index (χ3n) is 2.24. The summed E-state index contributed by atoms with van der Waals surface area (Å²) in [6.07, 6.45) is 1.86. The molecule has 0 amide bonds. The minimum Gasteiger partial charge on any atom is -0.264 e. The van der Waals surface area contributed by atoms with E-state index in [0.717, 1.165) is 18.4 Å². The van der Waals surface area contributed by atoms with Gasteiger partial charge in [-0.25, -0.2) is 0 Å². The number of benzene rings is 1. The van der Waals surface area contributed by atoms with Crippen LogP contribution >= 0.6 is 0 Å². The molecule has 0 saturated carbocycles. The molecule has 1 aromatic rings. The van der Waals surface area contributed by atoms with Crippen LogP contribution < -0.4 is 0 Å².